The van der Waals surface area contributed by atoms with Crippen molar-refractivity contribution >= 4 is 34.2 Å². The molecule has 3 fully saturated rings. The third-order valence-corrected chi connectivity index (χ3v) is 12.2. The first kappa shape index (κ1) is 34.8. The molecule has 0 radical (unpaired) electrons. The lowest BCUT2D eigenvalue weighted by molar-refractivity contribution is -0.136. The molecule has 0 spiro atoms. The molecular weight excluding hydrogens is 727 g/mol. The minimum absolute atomic E-state index is 0.147. The Morgan fingerprint density at radius 1 is 0.842 bits per heavy atom. The molecule has 2 aromatic heterocycles. The van der Waals surface area contributed by atoms with Crippen LogP contribution in [0, 0.1) is 5.92 Å². The van der Waals surface area contributed by atoms with Crippen LogP contribution in [0.2, 0.25) is 0 Å². The molecule has 3 saturated heterocycles. The number of piperidine rings is 2. The molecule has 0 aliphatic carbocycles. The first-order valence-electron chi connectivity index (χ1n) is 21.2. The predicted molar refractivity (Wildman–Crippen MR) is 216 cm³/mol. The number of hydrogen-bond acceptors (Lipinski definition) is 11. The Morgan fingerprint density at radius 2 is 1.58 bits per heavy atom. The van der Waals surface area contributed by atoms with Crippen molar-refractivity contribution in [3.05, 3.63) is 75.8 Å². The van der Waals surface area contributed by atoms with Crippen LogP contribution < -0.4 is 30.0 Å². The quantitative estimate of drug-likeness (QED) is 0.223. The zero-order valence-electron chi connectivity index (χ0n) is 35.7. The van der Waals surface area contributed by atoms with E-state index < -0.39 is 24.5 Å². The van der Waals surface area contributed by atoms with Gasteiger partial charge in [-0.05, 0) is 79.6 Å². The van der Waals surface area contributed by atoms with Crippen molar-refractivity contribution in [2.45, 2.75) is 51.2 Å². The third kappa shape index (κ3) is 7.67. The number of pyridine rings is 2. The lowest BCUT2D eigenvalue weighted by Crippen LogP contribution is -2.52. The highest BCUT2D eigenvalue weighted by Crippen LogP contribution is 2.39. The van der Waals surface area contributed by atoms with Gasteiger partial charge >= 0.3 is 0 Å². The molecule has 6 heterocycles. The Labute approximate surface area is 336 Å². The zero-order chi connectivity index (χ0) is 42.3. The zero-order valence-corrected chi connectivity index (χ0v) is 32.7. The van der Waals surface area contributed by atoms with E-state index >= 15 is 0 Å². The summed E-state index contributed by atoms with van der Waals surface area (Å²) in [6.45, 7) is 4.91. The number of hydrogen-bond donors (Lipinski definition) is 1. The number of piperazine rings is 1. The smallest absolute Gasteiger partial charge is 0.259 e. The molecule has 8 rings (SSSR count). The van der Waals surface area contributed by atoms with E-state index in [1.54, 1.807) is 25.2 Å². The number of carbonyl (C=O) groups excluding carboxylic acids is 3. The fourth-order valence-electron chi connectivity index (χ4n) is 8.85. The number of aromatic nitrogens is 2. The van der Waals surface area contributed by atoms with Gasteiger partial charge in [0.05, 0.1) is 32.3 Å². The summed E-state index contributed by atoms with van der Waals surface area (Å²) in [7, 11) is 4.69. The number of ether oxygens (including phenoxy) is 3. The molecule has 300 valence electrons. The second kappa shape index (κ2) is 16.2. The molecule has 1 unspecified atom stereocenters. The second-order valence-electron chi connectivity index (χ2n) is 15.4. The Morgan fingerprint density at radius 3 is 2.26 bits per heavy atom. The van der Waals surface area contributed by atoms with Gasteiger partial charge < -0.3 is 33.5 Å². The van der Waals surface area contributed by atoms with E-state index in [1.807, 2.05) is 24.3 Å². The van der Waals surface area contributed by atoms with Gasteiger partial charge in [-0.15, -0.1) is 0 Å². The van der Waals surface area contributed by atoms with Crippen molar-refractivity contribution in [2.24, 2.45) is 12.9 Å². The average Bonchev–Trinajstić information content (AvgIpc) is 3.57. The van der Waals surface area contributed by atoms with Gasteiger partial charge in [0.15, 0.2) is 0 Å². The number of carbonyl (C=O) groups is 3. The molecule has 2 aromatic carbocycles. The van der Waals surface area contributed by atoms with Gasteiger partial charge in [-0.2, -0.15) is 0 Å². The van der Waals surface area contributed by atoms with Crippen LogP contribution in [0.15, 0.2) is 53.6 Å². The SMILES string of the molecule is [2H]C([2H])([2H])n1cc(-c2cc(OC)c(CN3CCN(CCC4CCN(c5ccc6c(c5)CN(C5CCC(=O)NC5=O)C6=O)CC4)CC3)c(OC)c2)c2cc(OC)ncc2c1=O. The van der Waals surface area contributed by atoms with Crippen LogP contribution >= 0.6 is 0 Å². The summed E-state index contributed by atoms with van der Waals surface area (Å²) >= 11 is 0. The number of fused-ring (bicyclic) bond motifs is 2. The molecular formula is C43H51N7O7. The van der Waals surface area contributed by atoms with Gasteiger partial charge in [0, 0.05) is 111 Å². The predicted octanol–water partition coefficient (Wildman–Crippen LogP) is 3.81. The van der Waals surface area contributed by atoms with Crippen LogP contribution in [0.4, 0.5) is 5.69 Å². The van der Waals surface area contributed by atoms with Crippen LogP contribution in [0.3, 0.4) is 0 Å². The van der Waals surface area contributed by atoms with E-state index in [1.165, 1.54) is 19.5 Å². The number of anilines is 1. The van der Waals surface area contributed by atoms with Gasteiger partial charge in [-0.25, -0.2) is 4.98 Å². The number of nitrogens with one attached hydrogen (secondary N) is 1. The summed E-state index contributed by atoms with van der Waals surface area (Å²) in [5, 5.41) is 3.04. The van der Waals surface area contributed by atoms with Gasteiger partial charge in [0.25, 0.3) is 11.5 Å². The van der Waals surface area contributed by atoms with Crippen molar-refractivity contribution < 1.29 is 32.7 Å². The molecule has 4 aliphatic rings. The summed E-state index contributed by atoms with van der Waals surface area (Å²) in [5.41, 5.74) is 4.03. The highest BCUT2D eigenvalue weighted by molar-refractivity contribution is 6.05. The summed E-state index contributed by atoms with van der Waals surface area (Å²) in [6.07, 6.45) is 6.64. The van der Waals surface area contributed by atoms with E-state index in [0.717, 1.165) is 86.5 Å². The first-order chi connectivity index (χ1) is 28.8. The molecule has 3 amide bonds. The normalized spacial score (nSPS) is 20.6. The number of benzene rings is 2. The lowest BCUT2D eigenvalue weighted by Gasteiger charge is -2.37. The molecule has 14 nitrogen and oxygen atoms in total. The maximum absolute atomic E-state index is 13.2. The number of amides is 3. The molecule has 14 heteroatoms. The molecule has 1 N–H and O–H groups in total. The number of methoxy groups -OCH3 is 3. The maximum Gasteiger partial charge on any atom is 0.259 e. The van der Waals surface area contributed by atoms with E-state index in [9.17, 15) is 19.2 Å². The summed E-state index contributed by atoms with van der Waals surface area (Å²) in [6, 6.07) is 10.7. The topological polar surface area (TPSA) is 139 Å². The number of imide groups is 1. The van der Waals surface area contributed by atoms with Crippen LogP contribution in [0.25, 0.3) is 21.9 Å². The first-order valence-corrected chi connectivity index (χ1v) is 19.7. The molecule has 1 atom stereocenters. The number of nitrogens with zero attached hydrogens (tertiary/aromatic N) is 6. The summed E-state index contributed by atoms with van der Waals surface area (Å²) < 4.78 is 42.0. The van der Waals surface area contributed by atoms with Gasteiger partial charge in [0.2, 0.25) is 17.7 Å². The van der Waals surface area contributed by atoms with Crippen LogP contribution in [0.5, 0.6) is 17.4 Å². The molecule has 4 aromatic rings. The van der Waals surface area contributed by atoms with E-state index in [0.29, 0.717) is 64.9 Å². The number of rotatable bonds is 11. The second-order valence-corrected chi connectivity index (χ2v) is 15.4. The Kier molecular flexibility index (Phi) is 9.86. The third-order valence-electron chi connectivity index (χ3n) is 12.2. The van der Waals surface area contributed by atoms with Gasteiger partial charge in [0.1, 0.15) is 17.5 Å². The summed E-state index contributed by atoms with van der Waals surface area (Å²) in [5.74, 6) is 1.31. The Hall–Kier alpha value is -5.47. The van der Waals surface area contributed by atoms with E-state index in [4.69, 9.17) is 18.3 Å². The maximum atomic E-state index is 13.2. The van der Waals surface area contributed by atoms with E-state index in [2.05, 4.69) is 31.1 Å². The highest BCUT2D eigenvalue weighted by Gasteiger charge is 2.39. The molecule has 0 saturated carbocycles. The fraction of sp³-hybridized carbons (Fsp3) is 0.465. The molecule has 0 bridgehead atoms. The monoisotopic (exact) mass is 780 g/mol. The standard InChI is InChI=1S/C43H51N7O7/c1-46-25-34(32-22-40(57-4)44-23-33(32)42(46)53)28-20-37(55-2)35(38(21-28)56-3)26-48-17-15-47(16-18-48)12-9-27-10-13-49(14-11-27)30-5-6-31-29(19-30)24-50(43(31)54)36-7-8-39(51)45-41(36)52/h5-6,19-23,25,27,36H,7-18,24,26H2,1-4H3,(H,45,51,52)/i1D3. The van der Waals surface area contributed by atoms with Crippen molar-refractivity contribution in [3.63, 3.8) is 0 Å². The highest BCUT2D eigenvalue weighted by atomic mass is 16.5. The van der Waals surface area contributed by atoms with Crippen molar-refractivity contribution in [1.82, 2.24) is 29.6 Å². The minimum atomic E-state index is -2.70. The molecule has 57 heavy (non-hydrogen) atoms. The molecule has 4 aliphatic heterocycles. The van der Waals surface area contributed by atoms with Crippen molar-refractivity contribution in [2.75, 3.05) is 72.0 Å². The Bertz CT molecular complexity index is 2350. The van der Waals surface area contributed by atoms with Gasteiger partial charge in [-0.3, -0.25) is 29.4 Å². The van der Waals surface area contributed by atoms with Crippen LogP contribution in [-0.2, 0) is 29.7 Å². The van der Waals surface area contributed by atoms with Crippen molar-refractivity contribution in [1.29, 1.82) is 0 Å². The van der Waals surface area contributed by atoms with Crippen molar-refractivity contribution in [3.8, 4) is 28.5 Å². The van der Waals surface area contributed by atoms with Crippen LogP contribution in [0.1, 0.15) is 57.7 Å². The fourth-order valence-corrected chi connectivity index (χ4v) is 8.85. The largest absolute Gasteiger partial charge is 0.496 e. The van der Waals surface area contributed by atoms with Crippen LogP contribution in [-0.4, -0.2) is 115 Å². The average molecular weight is 781 g/mol. The Balaban J connectivity index is 0.857. The number of aryl methyl sites for hydroxylation is 1. The van der Waals surface area contributed by atoms with Gasteiger partial charge in [-0.1, -0.05) is 0 Å². The minimum Gasteiger partial charge on any atom is -0.496 e. The van der Waals surface area contributed by atoms with E-state index in [-0.39, 0.29) is 23.6 Å². The summed E-state index contributed by atoms with van der Waals surface area (Å²) in [4.78, 5) is 63.6. The lowest BCUT2D eigenvalue weighted by atomic mass is 9.92.